The zero-order chi connectivity index (χ0) is 12.3. The van der Waals surface area contributed by atoms with Gasteiger partial charge in [-0.15, -0.1) is 0 Å². The Morgan fingerprint density at radius 3 is 2.31 bits per heavy atom. The number of likely N-dealkylation sites (N-methyl/N-ethyl adjacent to an activating group) is 2. The van der Waals surface area contributed by atoms with Crippen LogP contribution in [0.5, 0.6) is 0 Å². The minimum absolute atomic E-state index is 0.254. The molecule has 2 unspecified atom stereocenters. The van der Waals surface area contributed by atoms with Crippen molar-refractivity contribution in [1.29, 1.82) is 0 Å². The van der Waals surface area contributed by atoms with E-state index in [2.05, 4.69) is 47.8 Å². The molecule has 94 valence electrons. The van der Waals surface area contributed by atoms with E-state index >= 15 is 0 Å². The lowest BCUT2D eigenvalue weighted by atomic mass is 10.3. The molecule has 16 heavy (non-hydrogen) atoms. The van der Waals surface area contributed by atoms with Crippen molar-refractivity contribution in [2.24, 2.45) is 4.99 Å². The molecule has 2 atom stereocenters. The lowest BCUT2D eigenvalue weighted by molar-refractivity contribution is 0.214. The van der Waals surface area contributed by atoms with Crippen molar-refractivity contribution in [3.63, 3.8) is 0 Å². The van der Waals surface area contributed by atoms with Gasteiger partial charge in [0.15, 0.2) is 10.7 Å². The highest BCUT2D eigenvalue weighted by Crippen LogP contribution is 2.38. The number of nitrogens with zero attached hydrogens (tertiary/aromatic N) is 4. The largest absolute Gasteiger partial charge is 0.357 e. The van der Waals surface area contributed by atoms with Gasteiger partial charge < -0.3 is 9.80 Å². The van der Waals surface area contributed by atoms with Gasteiger partial charge in [0, 0.05) is 26.7 Å². The van der Waals surface area contributed by atoms with Gasteiger partial charge in [-0.2, -0.15) is 0 Å². The van der Waals surface area contributed by atoms with Crippen LogP contribution in [-0.4, -0.2) is 73.2 Å². The second-order valence-corrected chi connectivity index (χ2v) is 6.79. The van der Waals surface area contributed by atoms with E-state index in [9.17, 15) is 0 Å². The maximum Gasteiger partial charge on any atom is 0.172 e. The minimum atomic E-state index is 0.254. The molecule has 0 aromatic heterocycles. The van der Waals surface area contributed by atoms with Crippen LogP contribution in [0.15, 0.2) is 4.99 Å². The van der Waals surface area contributed by atoms with E-state index in [1.807, 2.05) is 24.9 Å². The van der Waals surface area contributed by atoms with Crippen molar-refractivity contribution < 1.29 is 0 Å². The predicted octanol–water partition coefficient (Wildman–Crippen LogP) is 1.46. The van der Waals surface area contributed by atoms with E-state index in [1.54, 1.807) is 10.8 Å². The van der Waals surface area contributed by atoms with Crippen molar-refractivity contribution >= 4 is 26.8 Å². The van der Waals surface area contributed by atoms with Gasteiger partial charge >= 0.3 is 0 Å². The molecule has 1 rings (SSSR count). The fraction of sp³-hybridized carbons (Fsp3) is 0.900. The molecule has 1 heterocycles. The van der Waals surface area contributed by atoms with Crippen LogP contribution in [-0.2, 0) is 0 Å². The van der Waals surface area contributed by atoms with Crippen molar-refractivity contribution in [2.75, 3.05) is 41.8 Å². The standard InChI is InChI=1S/C10H22N4S2/c1-8(12(2)3)7-14(6)10-11-9(13(4)5)15-16-10/h8,10H,7H2,1-6H3. The van der Waals surface area contributed by atoms with Crippen LogP contribution in [0, 0.1) is 0 Å². The van der Waals surface area contributed by atoms with Crippen LogP contribution in [0.25, 0.3) is 0 Å². The molecule has 0 fully saturated rings. The molecule has 0 amide bonds. The maximum atomic E-state index is 4.68. The van der Waals surface area contributed by atoms with Crippen LogP contribution in [0.4, 0.5) is 0 Å². The first-order valence-corrected chi connectivity index (χ1v) is 7.58. The van der Waals surface area contributed by atoms with E-state index in [4.69, 9.17) is 0 Å². The first-order chi connectivity index (χ1) is 7.41. The molecule has 1 aliphatic heterocycles. The van der Waals surface area contributed by atoms with Crippen molar-refractivity contribution in [1.82, 2.24) is 14.7 Å². The van der Waals surface area contributed by atoms with E-state index in [0.717, 1.165) is 11.7 Å². The lowest BCUT2D eigenvalue weighted by Gasteiger charge is -2.27. The molecule has 0 bridgehead atoms. The number of amidine groups is 1. The smallest absolute Gasteiger partial charge is 0.172 e. The molecule has 1 aliphatic rings. The molecule has 0 saturated heterocycles. The second-order valence-electron chi connectivity index (χ2n) is 4.56. The third-order valence-electron chi connectivity index (χ3n) is 2.62. The summed E-state index contributed by atoms with van der Waals surface area (Å²) in [5.41, 5.74) is 0.254. The van der Waals surface area contributed by atoms with Crippen molar-refractivity contribution in [3.8, 4) is 0 Å². The molecule has 0 N–H and O–H groups in total. The maximum absolute atomic E-state index is 4.68. The van der Waals surface area contributed by atoms with Crippen molar-refractivity contribution in [3.05, 3.63) is 0 Å². The average molecular weight is 262 g/mol. The van der Waals surface area contributed by atoms with Gasteiger partial charge in [0.2, 0.25) is 0 Å². The first kappa shape index (κ1) is 14.2. The Hall–Kier alpha value is 0.0900. The summed E-state index contributed by atoms with van der Waals surface area (Å²) in [6.45, 7) is 3.27. The second kappa shape index (κ2) is 6.14. The average Bonchev–Trinajstić information content (AvgIpc) is 2.65. The summed E-state index contributed by atoms with van der Waals surface area (Å²) in [5.74, 6) is 0. The van der Waals surface area contributed by atoms with Gasteiger partial charge in [-0.05, 0) is 49.7 Å². The quantitative estimate of drug-likeness (QED) is 0.714. The topological polar surface area (TPSA) is 22.1 Å². The Morgan fingerprint density at radius 1 is 1.25 bits per heavy atom. The van der Waals surface area contributed by atoms with Gasteiger partial charge in [-0.3, -0.25) is 4.90 Å². The van der Waals surface area contributed by atoms with Crippen LogP contribution in [0.2, 0.25) is 0 Å². The Labute approximate surface area is 107 Å². The van der Waals surface area contributed by atoms with Crippen LogP contribution >= 0.6 is 21.6 Å². The summed E-state index contributed by atoms with van der Waals surface area (Å²) >= 11 is 0. The molecule has 0 aromatic carbocycles. The highest BCUT2D eigenvalue weighted by molar-refractivity contribution is 8.82. The van der Waals surface area contributed by atoms with E-state index in [1.165, 1.54) is 0 Å². The Kier molecular flexibility index (Phi) is 5.43. The molecule has 0 saturated carbocycles. The SMILES string of the molecule is CC(CN(C)C1N=C(N(C)C)SS1)N(C)C. The fourth-order valence-corrected chi connectivity index (χ4v) is 3.83. The van der Waals surface area contributed by atoms with Crippen LogP contribution in [0.1, 0.15) is 6.92 Å². The first-order valence-electron chi connectivity index (χ1n) is 5.37. The molecule has 0 radical (unpaired) electrons. The Balaban J connectivity index is 2.47. The number of aliphatic imine (C=N–C) groups is 1. The molecule has 4 nitrogen and oxygen atoms in total. The summed E-state index contributed by atoms with van der Waals surface area (Å²) in [6.07, 6.45) is 0. The van der Waals surface area contributed by atoms with Crippen LogP contribution in [0.3, 0.4) is 0 Å². The van der Waals surface area contributed by atoms with E-state index in [-0.39, 0.29) is 5.50 Å². The number of rotatable bonds is 4. The third kappa shape index (κ3) is 3.84. The summed E-state index contributed by atoms with van der Waals surface area (Å²) in [4.78, 5) is 11.3. The van der Waals surface area contributed by atoms with Crippen molar-refractivity contribution in [2.45, 2.75) is 18.5 Å². The van der Waals surface area contributed by atoms with Gasteiger partial charge in [0.25, 0.3) is 0 Å². The predicted molar refractivity (Wildman–Crippen MR) is 75.9 cm³/mol. The van der Waals surface area contributed by atoms with E-state index in [0.29, 0.717) is 6.04 Å². The molecule has 0 aromatic rings. The Bertz CT molecular complexity index is 255. The molecule has 0 aliphatic carbocycles. The third-order valence-corrected chi connectivity index (χ3v) is 5.23. The van der Waals surface area contributed by atoms with E-state index < -0.39 is 0 Å². The summed E-state index contributed by atoms with van der Waals surface area (Å²) in [7, 11) is 14.0. The minimum Gasteiger partial charge on any atom is -0.357 e. The van der Waals surface area contributed by atoms with Gasteiger partial charge in [-0.1, -0.05) is 0 Å². The number of hydrogen-bond donors (Lipinski definition) is 0. The fourth-order valence-electron chi connectivity index (χ4n) is 1.26. The summed E-state index contributed by atoms with van der Waals surface area (Å²) in [6, 6.07) is 0.550. The van der Waals surface area contributed by atoms with Gasteiger partial charge in [0.1, 0.15) is 0 Å². The van der Waals surface area contributed by atoms with Gasteiger partial charge in [-0.25, -0.2) is 4.99 Å². The van der Waals surface area contributed by atoms with Crippen LogP contribution < -0.4 is 0 Å². The molecule has 0 spiro atoms. The summed E-state index contributed by atoms with van der Waals surface area (Å²) < 4.78 is 0. The zero-order valence-corrected chi connectivity index (χ0v) is 12.6. The lowest BCUT2D eigenvalue weighted by Crippen LogP contribution is -2.39. The normalized spacial score (nSPS) is 22.8. The van der Waals surface area contributed by atoms with Gasteiger partial charge in [0.05, 0.1) is 0 Å². The Morgan fingerprint density at radius 2 is 1.88 bits per heavy atom. The highest BCUT2D eigenvalue weighted by Gasteiger charge is 2.25. The molecular weight excluding hydrogens is 240 g/mol. The molecule has 6 heteroatoms. The zero-order valence-electron chi connectivity index (χ0n) is 11.0. The number of hydrogen-bond acceptors (Lipinski definition) is 6. The monoisotopic (exact) mass is 262 g/mol. The summed E-state index contributed by atoms with van der Waals surface area (Å²) in [5, 5.41) is 1.11. The highest BCUT2D eigenvalue weighted by atomic mass is 33.1. The molecular formula is C10H22N4S2.